The molecule has 1 rings (SSSR count). The lowest BCUT2D eigenvalue weighted by atomic mass is 10.2. The molecule has 116 valence electrons. The number of pyridine rings is 1. The van der Waals surface area contributed by atoms with Crippen LogP contribution in [0.4, 0.5) is 5.82 Å². The fraction of sp³-hybridized carbons (Fsp3) is 0.533. The van der Waals surface area contributed by atoms with Gasteiger partial charge in [-0.1, -0.05) is 13.8 Å². The molecule has 1 heterocycles. The maximum absolute atomic E-state index is 11.9. The summed E-state index contributed by atoms with van der Waals surface area (Å²) < 4.78 is 0. The van der Waals surface area contributed by atoms with Gasteiger partial charge in [0.2, 0.25) is 5.91 Å². The van der Waals surface area contributed by atoms with Crippen molar-refractivity contribution in [2.75, 3.05) is 25.0 Å². The Balaban J connectivity index is 2.33. The maximum atomic E-state index is 11.9. The van der Waals surface area contributed by atoms with E-state index in [0.29, 0.717) is 18.7 Å². The van der Waals surface area contributed by atoms with Gasteiger partial charge in [0.15, 0.2) is 0 Å². The van der Waals surface area contributed by atoms with E-state index in [1.165, 1.54) is 6.20 Å². The first-order chi connectivity index (χ1) is 10.2. The molecule has 0 radical (unpaired) electrons. The van der Waals surface area contributed by atoms with E-state index in [-0.39, 0.29) is 18.2 Å². The predicted octanol–water partition coefficient (Wildman–Crippen LogP) is 1.55. The average molecular weight is 292 g/mol. The fourth-order valence-corrected chi connectivity index (χ4v) is 1.63. The lowest BCUT2D eigenvalue weighted by Gasteiger charge is -2.07. The third kappa shape index (κ3) is 6.74. The summed E-state index contributed by atoms with van der Waals surface area (Å²) in [4.78, 5) is 27.4. The number of carbonyl (C=O) groups excluding carboxylic acids is 2. The Bertz CT molecular complexity index is 445. The minimum absolute atomic E-state index is 0.0469. The number of hydrogen-bond donors (Lipinski definition) is 3. The second-order valence-corrected chi connectivity index (χ2v) is 4.71. The quantitative estimate of drug-likeness (QED) is 0.645. The Morgan fingerprint density at radius 3 is 2.43 bits per heavy atom. The Morgan fingerprint density at radius 2 is 1.81 bits per heavy atom. The van der Waals surface area contributed by atoms with Crippen LogP contribution in [0.25, 0.3) is 0 Å². The van der Waals surface area contributed by atoms with Crippen molar-refractivity contribution in [3.8, 4) is 0 Å². The molecule has 0 aliphatic rings. The van der Waals surface area contributed by atoms with Crippen molar-refractivity contribution >= 4 is 17.6 Å². The van der Waals surface area contributed by atoms with Gasteiger partial charge in [-0.15, -0.1) is 0 Å². The minimum Gasteiger partial charge on any atom is -0.370 e. The third-order valence-corrected chi connectivity index (χ3v) is 2.79. The largest absolute Gasteiger partial charge is 0.370 e. The molecule has 3 N–H and O–H groups in total. The Labute approximate surface area is 125 Å². The predicted molar refractivity (Wildman–Crippen MR) is 83.3 cm³/mol. The van der Waals surface area contributed by atoms with E-state index in [1.54, 1.807) is 12.1 Å². The summed E-state index contributed by atoms with van der Waals surface area (Å²) in [7, 11) is 0. The van der Waals surface area contributed by atoms with Crippen molar-refractivity contribution in [3.05, 3.63) is 23.9 Å². The third-order valence-electron chi connectivity index (χ3n) is 2.79. The van der Waals surface area contributed by atoms with Crippen molar-refractivity contribution in [1.29, 1.82) is 0 Å². The first-order valence-electron chi connectivity index (χ1n) is 7.42. The Kier molecular flexibility index (Phi) is 7.86. The zero-order valence-electron chi connectivity index (χ0n) is 12.7. The first kappa shape index (κ1) is 16.9. The molecule has 0 fully saturated rings. The van der Waals surface area contributed by atoms with E-state index < -0.39 is 0 Å². The maximum Gasteiger partial charge on any atom is 0.252 e. The number of amides is 2. The topological polar surface area (TPSA) is 83.1 Å². The molecular weight excluding hydrogens is 268 g/mol. The molecule has 1 aromatic rings. The number of nitrogens with zero attached hydrogens (tertiary/aromatic N) is 1. The molecule has 2 amide bonds. The molecule has 0 aliphatic carbocycles. The molecule has 0 unspecified atom stereocenters. The smallest absolute Gasteiger partial charge is 0.252 e. The van der Waals surface area contributed by atoms with Gasteiger partial charge in [-0.25, -0.2) is 4.98 Å². The number of carbonyl (C=O) groups is 2. The molecular formula is C15H24N4O2. The normalized spacial score (nSPS) is 10.0. The van der Waals surface area contributed by atoms with Crippen LogP contribution in [0.5, 0.6) is 0 Å². The molecule has 0 spiro atoms. The monoisotopic (exact) mass is 292 g/mol. The molecule has 0 atom stereocenters. The van der Waals surface area contributed by atoms with Gasteiger partial charge in [-0.2, -0.15) is 0 Å². The van der Waals surface area contributed by atoms with Crippen LogP contribution < -0.4 is 16.0 Å². The SMILES string of the molecule is CCCNC(=O)CCNC(=O)c1ccc(NCCC)nc1. The highest BCUT2D eigenvalue weighted by atomic mass is 16.2. The lowest BCUT2D eigenvalue weighted by Crippen LogP contribution is -2.31. The van der Waals surface area contributed by atoms with Crippen LogP contribution >= 0.6 is 0 Å². The second-order valence-electron chi connectivity index (χ2n) is 4.71. The molecule has 0 bridgehead atoms. The van der Waals surface area contributed by atoms with Gasteiger partial charge < -0.3 is 16.0 Å². The van der Waals surface area contributed by atoms with E-state index in [0.717, 1.165) is 25.2 Å². The minimum atomic E-state index is -0.215. The summed E-state index contributed by atoms with van der Waals surface area (Å²) >= 11 is 0. The van der Waals surface area contributed by atoms with Crippen molar-refractivity contribution in [2.45, 2.75) is 33.1 Å². The van der Waals surface area contributed by atoms with Crippen LogP contribution in [-0.2, 0) is 4.79 Å². The molecule has 6 nitrogen and oxygen atoms in total. The van der Waals surface area contributed by atoms with Crippen molar-refractivity contribution < 1.29 is 9.59 Å². The Hall–Kier alpha value is -2.11. The van der Waals surface area contributed by atoms with E-state index in [1.807, 2.05) is 6.92 Å². The lowest BCUT2D eigenvalue weighted by molar-refractivity contribution is -0.120. The van der Waals surface area contributed by atoms with Crippen LogP contribution in [0, 0.1) is 0 Å². The van der Waals surface area contributed by atoms with Crippen molar-refractivity contribution in [2.24, 2.45) is 0 Å². The summed E-state index contributed by atoms with van der Waals surface area (Å²) in [5, 5.41) is 8.61. The molecule has 0 saturated carbocycles. The fourth-order valence-electron chi connectivity index (χ4n) is 1.63. The van der Waals surface area contributed by atoms with E-state index in [4.69, 9.17) is 0 Å². The summed E-state index contributed by atoms with van der Waals surface area (Å²) in [5.41, 5.74) is 0.492. The van der Waals surface area contributed by atoms with Crippen LogP contribution in [0.2, 0.25) is 0 Å². The van der Waals surface area contributed by atoms with E-state index >= 15 is 0 Å². The van der Waals surface area contributed by atoms with Gasteiger partial charge in [-0.05, 0) is 25.0 Å². The Morgan fingerprint density at radius 1 is 1.05 bits per heavy atom. The van der Waals surface area contributed by atoms with Gasteiger partial charge in [0, 0.05) is 32.3 Å². The van der Waals surface area contributed by atoms with Gasteiger partial charge in [0.25, 0.3) is 5.91 Å². The van der Waals surface area contributed by atoms with Gasteiger partial charge >= 0.3 is 0 Å². The van der Waals surface area contributed by atoms with Crippen molar-refractivity contribution in [3.63, 3.8) is 0 Å². The number of hydrogen-bond acceptors (Lipinski definition) is 4. The highest BCUT2D eigenvalue weighted by molar-refractivity contribution is 5.94. The summed E-state index contributed by atoms with van der Waals surface area (Å²) in [6, 6.07) is 3.50. The van der Waals surface area contributed by atoms with E-state index in [2.05, 4.69) is 27.9 Å². The van der Waals surface area contributed by atoms with Crippen LogP contribution in [-0.4, -0.2) is 36.4 Å². The zero-order valence-corrected chi connectivity index (χ0v) is 12.7. The molecule has 0 aliphatic heterocycles. The molecule has 0 aromatic carbocycles. The van der Waals surface area contributed by atoms with Crippen LogP contribution in [0.15, 0.2) is 18.3 Å². The average Bonchev–Trinajstić information content (AvgIpc) is 2.51. The van der Waals surface area contributed by atoms with Gasteiger partial charge in [-0.3, -0.25) is 9.59 Å². The first-order valence-corrected chi connectivity index (χ1v) is 7.42. The van der Waals surface area contributed by atoms with Gasteiger partial charge in [0.05, 0.1) is 5.56 Å². The van der Waals surface area contributed by atoms with E-state index in [9.17, 15) is 9.59 Å². The van der Waals surface area contributed by atoms with Crippen molar-refractivity contribution in [1.82, 2.24) is 15.6 Å². The highest BCUT2D eigenvalue weighted by Gasteiger charge is 2.07. The molecule has 6 heteroatoms. The molecule has 21 heavy (non-hydrogen) atoms. The zero-order chi connectivity index (χ0) is 15.5. The summed E-state index contributed by atoms with van der Waals surface area (Å²) in [5.74, 6) is 0.495. The summed E-state index contributed by atoms with van der Waals surface area (Å²) in [6.07, 6.45) is 3.74. The highest BCUT2D eigenvalue weighted by Crippen LogP contribution is 2.05. The number of nitrogens with one attached hydrogen (secondary N) is 3. The number of anilines is 1. The second kappa shape index (κ2) is 9.74. The molecule has 0 saturated heterocycles. The summed E-state index contributed by atoms with van der Waals surface area (Å²) in [6.45, 7) is 5.91. The van der Waals surface area contributed by atoms with Crippen LogP contribution in [0.3, 0.4) is 0 Å². The molecule has 1 aromatic heterocycles. The number of aromatic nitrogens is 1. The standard InChI is InChI=1S/C15H24N4O2/c1-3-8-16-13-6-5-12(11-19-13)15(21)18-10-7-14(20)17-9-4-2/h5-6,11H,3-4,7-10H2,1-2H3,(H,16,19)(H,17,20)(H,18,21). The van der Waals surface area contributed by atoms with Gasteiger partial charge in [0.1, 0.15) is 5.82 Å². The van der Waals surface area contributed by atoms with Crippen LogP contribution in [0.1, 0.15) is 43.5 Å². The number of rotatable bonds is 9.